The molecule has 1 saturated heterocycles. The first-order valence-corrected chi connectivity index (χ1v) is 5.17. The monoisotopic (exact) mass is 200 g/mol. The molecule has 1 amide bonds. The van der Waals surface area contributed by atoms with Gasteiger partial charge in [-0.15, -0.1) is 0 Å². The highest BCUT2D eigenvalue weighted by atomic mass is 32.1. The third-order valence-corrected chi connectivity index (χ3v) is 2.62. The Kier molecular flexibility index (Phi) is 3.66. The van der Waals surface area contributed by atoms with E-state index in [9.17, 15) is 4.79 Å². The molecule has 1 fully saturated rings. The van der Waals surface area contributed by atoms with Gasteiger partial charge in [0.05, 0.1) is 5.92 Å². The van der Waals surface area contributed by atoms with Crippen LogP contribution < -0.4 is 10.6 Å². The second-order valence-electron chi connectivity index (χ2n) is 3.50. The molecule has 2 N–H and O–H groups in total. The fourth-order valence-corrected chi connectivity index (χ4v) is 1.87. The van der Waals surface area contributed by atoms with Crippen molar-refractivity contribution in [2.75, 3.05) is 0 Å². The highest BCUT2D eigenvalue weighted by Crippen LogP contribution is 2.15. The number of carbonyl (C=O) groups excluding carboxylic acids is 1. The van der Waals surface area contributed by atoms with Gasteiger partial charge in [0, 0.05) is 6.04 Å². The summed E-state index contributed by atoms with van der Waals surface area (Å²) in [5.74, 6) is 0.149. The summed E-state index contributed by atoms with van der Waals surface area (Å²) in [6, 6.07) is 0.174. The molecule has 1 aliphatic heterocycles. The van der Waals surface area contributed by atoms with Crippen LogP contribution in [0, 0.1) is 5.92 Å². The fourth-order valence-electron chi connectivity index (χ4n) is 1.58. The van der Waals surface area contributed by atoms with E-state index in [4.69, 9.17) is 12.2 Å². The smallest absolute Gasteiger partial charge is 0.231 e. The lowest BCUT2D eigenvalue weighted by molar-refractivity contribution is -0.125. The topological polar surface area (TPSA) is 41.1 Å². The number of hydrogen-bond donors (Lipinski definition) is 2. The molecule has 2 atom stereocenters. The first kappa shape index (κ1) is 10.4. The summed E-state index contributed by atoms with van der Waals surface area (Å²) >= 11 is 4.88. The molecule has 1 aliphatic rings. The van der Waals surface area contributed by atoms with Crippen LogP contribution in [0.15, 0.2) is 0 Å². The number of hydrogen-bond acceptors (Lipinski definition) is 2. The van der Waals surface area contributed by atoms with Crippen molar-refractivity contribution in [3.8, 4) is 0 Å². The maximum absolute atomic E-state index is 11.5. The molecule has 0 aromatic rings. The first-order chi connectivity index (χ1) is 6.15. The summed E-state index contributed by atoms with van der Waals surface area (Å²) in [5, 5.41) is 6.18. The molecule has 0 radical (unpaired) electrons. The molecule has 1 heterocycles. The van der Waals surface area contributed by atoms with E-state index in [1.54, 1.807) is 0 Å². The van der Waals surface area contributed by atoms with Crippen LogP contribution in [0.25, 0.3) is 0 Å². The maximum atomic E-state index is 11.5. The minimum atomic E-state index is 0.0738. The number of unbranched alkanes of at least 4 members (excludes halogenated alkanes) is 1. The molecule has 0 aromatic heterocycles. The molecule has 0 saturated carbocycles. The molecule has 0 spiro atoms. The predicted octanol–water partition coefficient (Wildman–Crippen LogP) is 1.19. The largest absolute Gasteiger partial charge is 0.359 e. The maximum Gasteiger partial charge on any atom is 0.231 e. The Labute approximate surface area is 84.3 Å². The van der Waals surface area contributed by atoms with Crippen LogP contribution in [0.3, 0.4) is 0 Å². The van der Waals surface area contributed by atoms with Crippen LogP contribution in [0.1, 0.15) is 33.1 Å². The van der Waals surface area contributed by atoms with Crippen molar-refractivity contribution in [1.29, 1.82) is 0 Å². The SMILES string of the molecule is CCCCC1C(=O)NC(=S)NC1C. The van der Waals surface area contributed by atoms with Crippen LogP contribution >= 0.6 is 12.2 Å². The number of nitrogens with one attached hydrogen (secondary N) is 2. The Bertz CT molecular complexity index is 218. The van der Waals surface area contributed by atoms with Gasteiger partial charge in [0.25, 0.3) is 0 Å². The second kappa shape index (κ2) is 4.56. The van der Waals surface area contributed by atoms with E-state index < -0.39 is 0 Å². The Balaban J connectivity index is 2.51. The summed E-state index contributed by atoms with van der Waals surface area (Å²) in [4.78, 5) is 11.5. The van der Waals surface area contributed by atoms with Gasteiger partial charge in [-0.05, 0) is 25.6 Å². The summed E-state index contributed by atoms with van der Waals surface area (Å²) in [6.45, 7) is 4.13. The van der Waals surface area contributed by atoms with Gasteiger partial charge in [0.1, 0.15) is 0 Å². The van der Waals surface area contributed by atoms with E-state index >= 15 is 0 Å². The van der Waals surface area contributed by atoms with Crippen molar-refractivity contribution in [2.45, 2.75) is 39.2 Å². The van der Waals surface area contributed by atoms with Crippen LogP contribution in [0.5, 0.6) is 0 Å². The molecular formula is C9H16N2OS. The van der Waals surface area contributed by atoms with E-state index in [1.165, 1.54) is 0 Å². The number of rotatable bonds is 3. The summed E-state index contributed by atoms with van der Waals surface area (Å²) in [7, 11) is 0. The van der Waals surface area contributed by atoms with Crippen LogP contribution in [-0.2, 0) is 4.79 Å². The molecule has 0 bridgehead atoms. The Morgan fingerprint density at radius 3 is 2.77 bits per heavy atom. The molecule has 74 valence electrons. The standard InChI is InChI=1S/C9H16N2OS/c1-3-4-5-7-6(2)10-9(13)11-8(7)12/h6-7H,3-5H2,1-2H3,(H2,10,11,12,13). The van der Waals surface area contributed by atoms with E-state index in [1.807, 2.05) is 6.92 Å². The Morgan fingerprint density at radius 2 is 2.23 bits per heavy atom. The van der Waals surface area contributed by atoms with Gasteiger partial charge in [-0.1, -0.05) is 19.8 Å². The molecule has 1 rings (SSSR count). The van der Waals surface area contributed by atoms with Gasteiger partial charge in [-0.2, -0.15) is 0 Å². The lowest BCUT2D eigenvalue weighted by Gasteiger charge is -2.30. The van der Waals surface area contributed by atoms with Crippen molar-refractivity contribution in [2.24, 2.45) is 5.92 Å². The Morgan fingerprint density at radius 1 is 1.54 bits per heavy atom. The molecule has 2 unspecified atom stereocenters. The van der Waals surface area contributed by atoms with Gasteiger partial charge >= 0.3 is 0 Å². The summed E-state index contributed by atoms with van der Waals surface area (Å²) < 4.78 is 0. The number of amides is 1. The number of carbonyl (C=O) groups is 1. The van der Waals surface area contributed by atoms with Gasteiger partial charge in [-0.3, -0.25) is 4.79 Å². The molecular weight excluding hydrogens is 184 g/mol. The summed E-state index contributed by atoms with van der Waals surface area (Å²) in [5.41, 5.74) is 0. The van der Waals surface area contributed by atoms with Crippen LogP contribution in [-0.4, -0.2) is 17.1 Å². The van der Waals surface area contributed by atoms with Gasteiger partial charge in [0.2, 0.25) is 5.91 Å². The Hall–Kier alpha value is -0.640. The molecule has 4 heteroatoms. The van der Waals surface area contributed by atoms with Crippen molar-refractivity contribution >= 4 is 23.2 Å². The van der Waals surface area contributed by atoms with E-state index in [0.29, 0.717) is 5.11 Å². The molecule has 0 aromatic carbocycles. The third-order valence-electron chi connectivity index (χ3n) is 2.40. The van der Waals surface area contributed by atoms with Crippen molar-refractivity contribution in [3.05, 3.63) is 0 Å². The third kappa shape index (κ3) is 2.66. The molecule has 0 aliphatic carbocycles. The van der Waals surface area contributed by atoms with Crippen molar-refractivity contribution in [3.63, 3.8) is 0 Å². The fraction of sp³-hybridized carbons (Fsp3) is 0.778. The first-order valence-electron chi connectivity index (χ1n) is 4.76. The predicted molar refractivity (Wildman–Crippen MR) is 56.4 cm³/mol. The zero-order valence-corrected chi connectivity index (χ0v) is 8.91. The lowest BCUT2D eigenvalue weighted by atomic mass is 9.93. The molecule has 3 nitrogen and oxygen atoms in total. The second-order valence-corrected chi connectivity index (χ2v) is 3.91. The van der Waals surface area contributed by atoms with E-state index in [-0.39, 0.29) is 17.9 Å². The van der Waals surface area contributed by atoms with Crippen molar-refractivity contribution in [1.82, 2.24) is 10.6 Å². The molecule has 13 heavy (non-hydrogen) atoms. The van der Waals surface area contributed by atoms with Crippen molar-refractivity contribution < 1.29 is 4.79 Å². The quantitative estimate of drug-likeness (QED) is 0.672. The van der Waals surface area contributed by atoms with E-state index in [0.717, 1.165) is 19.3 Å². The highest BCUT2D eigenvalue weighted by Gasteiger charge is 2.29. The zero-order chi connectivity index (χ0) is 9.84. The van der Waals surface area contributed by atoms with Gasteiger partial charge in [0.15, 0.2) is 5.11 Å². The highest BCUT2D eigenvalue weighted by molar-refractivity contribution is 7.80. The van der Waals surface area contributed by atoms with Gasteiger partial charge < -0.3 is 10.6 Å². The number of thiocarbonyl (C=S) groups is 1. The van der Waals surface area contributed by atoms with E-state index in [2.05, 4.69) is 17.6 Å². The minimum Gasteiger partial charge on any atom is -0.359 e. The average Bonchev–Trinajstić information content (AvgIpc) is 2.02. The summed E-state index contributed by atoms with van der Waals surface area (Å²) in [6.07, 6.45) is 3.16. The average molecular weight is 200 g/mol. The lowest BCUT2D eigenvalue weighted by Crippen LogP contribution is -2.56. The normalized spacial score (nSPS) is 28.2. The van der Waals surface area contributed by atoms with Crippen LogP contribution in [0.2, 0.25) is 0 Å². The zero-order valence-electron chi connectivity index (χ0n) is 8.09. The van der Waals surface area contributed by atoms with Crippen LogP contribution in [0.4, 0.5) is 0 Å². The minimum absolute atomic E-state index is 0.0738. The van der Waals surface area contributed by atoms with Gasteiger partial charge in [-0.25, -0.2) is 0 Å².